The molecule has 2 saturated heterocycles. The van der Waals surface area contributed by atoms with Crippen LogP contribution in [-0.4, -0.2) is 56.5 Å². The minimum atomic E-state index is -1.19. The van der Waals surface area contributed by atoms with Gasteiger partial charge in [-0.15, -0.1) is 0 Å². The molecule has 0 bridgehead atoms. The number of likely N-dealkylation sites (tertiary alicyclic amines) is 1. The monoisotopic (exact) mass is 398 g/mol. The molecule has 5 nitrogen and oxygen atoms in total. The number of methoxy groups -OCH3 is 1. The van der Waals surface area contributed by atoms with Gasteiger partial charge < -0.3 is 15.0 Å². The van der Waals surface area contributed by atoms with Gasteiger partial charge >= 0.3 is 0 Å². The predicted octanol–water partition coefficient (Wildman–Crippen LogP) is 2.54. The first-order chi connectivity index (χ1) is 13.4. The number of Topliss-reactive ketones (excluding diaryl/α,β-unsaturated/α-hetero) is 1. The molecule has 0 atom stereocenters. The minimum Gasteiger partial charge on any atom is -0.384 e. The Kier molecular flexibility index (Phi) is 6.40. The summed E-state index contributed by atoms with van der Waals surface area (Å²) in [5.74, 6) is -4.68. The van der Waals surface area contributed by atoms with Crippen LogP contribution in [0.2, 0.25) is 0 Å². The zero-order chi connectivity index (χ0) is 20.3. The summed E-state index contributed by atoms with van der Waals surface area (Å²) >= 11 is 0. The van der Waals surface area contributed by atoms with Crippen LogP contribution in [0.3, 0.4) is 0 Å². The quantitative estimate of drug-likeness (QED) is 0.775. The zero-order valence-electron chi connectivity index (χ0n) is 15.9. The molecule has 2 heterocycles. The van der Waals surface area contributed by atoms with Gasteiger partial charge in [-0.1, -0.05) is 0 Å². The van der Waals surface area contributed by atoms with Gasteiger partial charge in [0, 0.05) is 38.2 Å². The van der Waals surface area contributed by atoms with E-state index >= 15 is 0 Å². The van der Waals surface area contributed by atoms with Gasteiger partial charge in [0.2, 0.25) is 5.91 Å². The van der Waals surface area contributed by atoms with E-state index in [0.717, 1.165) is 13.1 Å². The van der Waals surface area contributed by atoms with Gasteiger partial charge in [0.1, 0.15) is 17.5 Å². The van der Waals surface area contributed by atoms with Crippen LogP contribution in [0.4, 0.5) is 13.2 Å². The average molecular weight is 398 g/mol. The topological polar surface area (TPSA) is 58.6 Å². The van der Waals surface area contributed by atoms with E-state index in [-0.39, 0.29) is 5.91 Å². The SMILES string of the molecule is COCC1(C(=O)N2CCC(C(=O)c3c(F)cc(F)cc3F)CC2)CCNCC1. The molecule has 0 aromatic heterocycles. The summed E-state index contributed by atoms with van der Waals surface area (Å²) in [5.41, 5.74) is -1.26. The van der Waals surface area contributed by atoms with Crippen LogP contribution in [0.15, 0.2) is 12.1 Å². The summed E-state index contributed by atoms with van der Waals surface area (Å²) in [6.45, 7) is 2.52. The highest BCUT2D eigenvalue weighted by molar-refractivity contribution is 5.98. The predicted molar refractivity (Wildman–Crippen MR) is 96.4 cm³/mol. The molecular formula is C20H25F3N2O3. The standard InChI is InChI=1S/C20H25F3N2O3/c1-28-12-20(4-6-24-7-5-20)19(27)25-8-2-13(3-9-25)18(26)17-15(22)10-14(21)11-16(17)23/h10-11,13,24H,2-9,12H2,1H3. The fourth-order valence-corrected chi connectivity index (χ4v) is 4.26. The van der Waals surface area contributed by atoms with Crippen molar-refractivity contribution in [1.82, 2.24) is 10.2 Å². The third-order valence-corrected chi connectivity index (χ3v) is 5.84. The number of hydrogen-bond donors (Lipinski definition) is 1. The molecule has 1 N–H and O–H groups in total. The van der Waals surface area contributed by atoms with Crippen molar-refractivity contribution in [2.24, 2.45) is 11.3 Å². The van der Waals surface area contributed by atoms with Gasteiger partial charge in [-0.3, -0.25) is 9.59 Å². The molecule has 0 unspecified atom stereocenters. The zero-order valence-corrected chi connectivity index (χ0v) is 15.9. The Morgan fingerprint density at radius 2 is 1.71 bits per heavy atom. The molecule has 2 aliphatic heterocycles. The molecular weight excluding hydrogens is 373 g/mol. The Bertz CT molecular complexity index is 714. The number of amides is 1. The number of nitrogens with one attached hydrogen (secondary N) is 1. The fourth-order valence-electron chi connectivity index (χ4n) is 4.26. The van der Waals surface area contributed by atoms with E-state index in [1.54, 1.807) is 12.0 Å². The number of halogens is 3. The molecule has 1 amide bonds. The molecule has 2 aliphatic rings. The molecule has 0 radical (unpaired) electrons. The van der Waals surface area contributed by atoms with Crippen LogP contribution in [0.5, 0.6) is 0 Å². The molecule has 1 aromatic rings. The van der Waals surface area contributed by atoms with E-state index in [4.69, 9.17) is 4.74 Å². The number of carbonyl (C=O) groups is 2. The summed E-state index contributed by atoms with van der Waals surface area (Å²) in [5, 5.41) is 3.24. The van der Waals surface area contributed by atoms with Crippen molar-refractivity contribution >= 4 is 11.7 Å². The molecule has 3 rings (SSSR count). The highest BCUT2D eigenvalue weighted by Gasteiger charge is 2.43. The lowest BCUT2D eigenvalue weighted by atomic mass is 9.77. The van der Waals surface area contributed by atoms with E-state index in [0.29, 0.717) is 57.5 Å². The molecule has 1 aromatic carbocycles. The first kappa shape index (κ1) is 20.8. The van der Waals surface area contributed by atoms with E-state index in [1.165, 1.54) is 0 Å². The lowest BCUT2D eigenvalue weighted by Gasteiger charge is -2.41. The van der Waals surface area contributed by atoms with Crippen molar-refractivity contribution in [3.05, 3.63) is 35.1 Å². The van der Waals surface area contributed by atoms with Gasteiger partial charge in [0.25, 0.3) is 0 Å². The maximum Gasteiger partial charge on any atom is 0.231 e. The number of ether oxygens (including phenoxy) is 1. The van der Waals surface area contributed by atoms with Crippen LogP contribution in [0, 0.1) is 28.8 Å². The summed E-state index contributed by atoms with van der Waals surface area (Å²) in [6, 6.07) is 1.03. The number of hydrogen-bond acceptors (Lipinski definition) is 4. The Morgan fingerprint density at radius 3 is 2.25 bits per heavy atom. The third kappa shape index (κ3) is 4.07. The fraction of sp³-hybridized carbons (Fsp3) is 0.600. The van der Waals surface area contributed by atoms with Crippen molar-refractivity contribution in [1.29, 1.82) is 0 Å². The minimum absolute atomic E-state index is 0.0147. The second-order valence-electron chi connectivity index (χ2n) is 7.64. The summed E-state index contributed by atoms with van der Waals surface area (Å²) < 4.78 is 46.2. The number of benzene rings is 1. The Balaban J connectivity index is 1.67. The van der Waals surface area contributed by atoms with Gasteiger partial charge in [-0.05, 0) is 38.8 Å². The van der Waals surface area contributed by atoms with E-state index in [2.05, 4.69) is 5.32 Å². The van der Waals surface area contributed by atoms with Crippen LogP contribution in [-0.2, 0) is 9.53 Å². The molecule has 154 valence electrons. The second-order valence-corrected chi connectivity index (χ2v) is 7.64. The molecule has 28 heavy (non-hydrogen) atoms. The summed E-state index contributed by atoms with van der Waals surface area (Å²) in [6.07, 6.45) is 2.01. The largest absolute Gasteiger partial charge is 0.384 e. The lowest BCUT2D eigenvalue weighted by Crippen LogP contribution is -2.53. The molecule has 0 spiro atoms. The second kappa shape index (κ2) is 8.61. The van der Waals surface area contributed by atoms with Crippen molar-refractivity contribution in [3.63, 3.8) is 0 Å². The number of rotatable bonds is 5. The summed E-state index contributed by atoms with van der Waals surface area (Å²) in [7, 11) is 1.58. The van der Waals surface area contributed by atoms with Gasteiger partial charge in [-0.25, -0.2) is 13.2 Å². The van der Waals surface area contributed by atoms with Gasteiger partial charge in [-0.2, -0.15) is 0 Å². The van der Waals surface area contributed by atoms with E-state index in [9.17, 15) is 22.8 Å². The molecule has 2 fully saturated rings. The van der Waals surface area contributed by atoms with Crippen molar-refractivity contribution in [2.45, 2.75) is 25.7 Å². The van der Waals surface area contributed by atoms with Crippen molar-refractivity contribution < 1.29 is 27.5 Å². The van der Waals surface area contributed by atoms with Gasteiger partial charge in [0.05, 0.1) is 17.6 Å². The highest BCUT2D eigenvalue weighted by atomic mass is 19.1. The number of carbonyl (C=O) groups excluding carboxylic acids is 2. The first-order valence-corrected chi connectivity index (χ1v) is 9.56. The molecule has 8 heteroatoms. The summed E-state index contributed by atoms with van der Waals surface area (Å²) in [4.78, 5) is 27.4. The van der Waals surface area contributed by atoms with Crippen LogP contribution in [0.1, 0.15) is 36.0 Å². The van der Waals surface area contributed by atoms with Crippen LogP contribution < -0.4 is 5.32 Å². The Hall–Kier alpha value is -1.93. The maximum absolute atomic E-state index is 13.9. The smallest absolute Gasteiger partial charge is 0.231 e. The maximum atomic E-state index is 13.9. The molecule has 0 saturated carbocycles. The first-order valence-electron chi connectivity index (χ1n) is 9.56. The Morgan fingerprint density at radius 1 is 1.14 bits per heavy atom. The normalized spacial score (nSPS) is 20.2. The van der Waals surface area contributed by atoms with E-state index in [1.807, 2.05) is 0 Å². The van der Waals surface area contributed by atoms with Crippen LogP contribution >= 0.6 is 0 Å². The number of nitrogens with zero attached hydrogens (tertiary/aromatic N) is 1. The third-order valence-electron chi connectivity index (χ3n) is 5.84. The van der Waals surface area contributed by atoms with Gasteiger partial charge in [0.15, 0.2) is 5.78 Å². The molecule has 0 aliphatic carbocycles. The average Bonchev–Trinajstić information content (AvgIpc) is 2.67. The number of piperidine rings is 2. The van der Waals surface area contributed by atoms with Crippen LogP contribution in [0.25, 0.3) is 0 Å². The van der Waals surface area contributed by atoms with Crippen molar-refractivity contribution in [3.8, 4) is 0 Å². The number of ketones is 1. The highest BCUT2D eigenvalue weighted by Crippen LogP contribution is 2.34. The Labute approximate surface area is 162 Å². The van der Waals surface area contributed by atoms with E-state index < -0.39 is 40.1 Å². The lowest BCUT2D eigenvalue weighted by molar-refractivity contribution is -0.148. The van der Waals surface area contributed by atoms with Crippen molar-refractivity contribution in [2.75, 3.05) is 39.9 Å².